The predicted octanol–water partition coefficient (Wildman–Crippen LogP) is 0.986. The van der Waals surface area contributed by atoms with Crippen LogP contribution in [0.5, 0.6) is 5.75 Å². The van der Waals surface area contributed by atoms with Crippen LogP contribution in [0.3, 0.4) is 0 Å². The summed E-state index contributed by atoms with van der Waals surface area (Å²) in [7, 11) is 0. The number of nitrogens with one attached hydrogen (secondary N) is 2. The van der Waals surface area contributed by atoms with Crippen LogP contribution >= 0.6 is 15.9 Å². The van der Waals surface area contributed by atoms with E-state index in [2.05, 4.69) is 26.8 Å². The van der Waals surface area contributed by atoms with Gasteiger partial charge < -0.3 is 9.64 Å². The van der Waals surface area contributed by atoms with Crippen molar-refractivity contribution in [1.82, 2.24) is 15.8 Å². The Labute approximate surface area is 142 Å². The van der Waals surface area contributed by atoms with Gasteiger partial charge in [-0.3, -0.25) is 25.2 Å². The fourth-order valence-corrected chi connectivity index (χ4v) is 2.49. The molecular formula is C15H18BrN3O4. The zero-order valence-electron chi connectivity index (χ0n) is 12.7. The number of benzene rings is 1. The molecule has 0 bridgehead atoms. The van der Waals surface area contributed by atoms with E-state index < -0.39 is 17.9 Å². The van der Waals surface area contributed by atoms with E-state index in [0.29, 0.717) is 18.7 Å². The molecule has 1 aromatic carbocycles. The molecule has 1 fully saturated rings. The molecule has 7 nitrogen and oxygen atoms in total. The fourth-order valence-electron chi connectivity index (χ4n) is 2.11. The van der Waals surface area contributed by atoms with Gasteiger partial charge in [0.05, 0.1) is 0 Å². The minimum Gasteiger partial charge on any atom is -0.481 e. The highest BCUT2D eigenvalue weighted by Crippen LogP contribution is 2.18. The second kappa shape index (κ2) is 7.96. The summed E-state index contributed by atoms with van der Waals surface area (Å²) in [6.45, 7) is 2.09. The first-order chi connectivity index (χ1) is 11.0. The first-order valence-electron chi connectivity index (χ1n) is 7.24. The Balaban J connectivity index is 1.75. The van der Waals surface area contributed by atoms with E-state index >= 15 is 0 Å². The molecule has 1 saturated heterocycles. The quantitative estimate of drug-likeness (QED) is 0.742. The molecule has 1 aliphatic rings. The maximum absolute atomic E-state index is 11.9. The van der Waals surface area contributed by atoms with E-state index in [1.54, 1.807) is 25.1 Å². The fraction of sp³-hybridized carbons (Fsp3) is 0.400. The molecule has 1 atom stereocenters. The maximum Gasteiger partial charge on any atom is 0.279 e. The number of likely N-dealkylation sites (tertiary alicyclic amines) is 1. The molecule has 23 heavy (non-hydrogen) atoms. The maximum atomic E-state index is 11.9. The highest BCUT2D eigenvalue weighted by Gasteiger charge is 2.23. The van der Waals surface area contributed by atoms with Crippen molar-refractivity contribution in [2.24, 2.45) is 0 Å². The molecular weight excluding hydrogens is 366 g/mol. The Kier molecular flexibility index (Phi) is 5.97. The molecule has 2 N–H and O–H groups in total. The number of ether oxygens (including phenoxy) is 1. The average Bonchev–Trinajstić information content (AvgIpc) is 2.90. The van der Waals surface area contributed by atoms with Crippen molar-refractivity contribution < 1.29 is 19.1 Å². The van der Waals surface area contributed by atoms with Crippen LogP contribution in [0, 0.1) is 0 Å². The minimum absolute atomic E-state index is 0.0437. The van der Waals surface area contributed by atoms with Gasteiger partial charge in [0, 0.05) is 17.4 Å². The number of amides is 3. The lowest BCUT2D eigenvalue weighted by atomic mass is 10.3. The predicted molar refractivity (Wildman–Crippen MR) is 86.3 cm³/mol. The molecule has 0 unspecified atom stereocenters. The van der Waals surface area contributed by atoms with E-state index in [0.717, 1.165) is 10.9 Å². The number of nitrogens with zero attached hydrogens (tertiary/aromatic N) is 1. The average molecular weight is 384 g/mol. The van der Waals surface area contributed by atoms with Gasteiger partial charge in [0.2, 0.25) is 5.91 Å². The summed E-state index contributed by atoms with van der Waals surface area (Å²) in [5.74, 6) is -0.428. The van der Waals surface area contributed by atoms with Gasteiger partial charge in [-0.25, -0.2) is 0 Å². The smallest absolute Gasteiger partial charge is 0.279 e. The summed E-state index contributed by atoms with van der Waals surface area (Å²) in [5.41, 5.74) is 4.58. The minimum atomic E-state index is -0.780. The first kappa shape index (κ1) is 17.3. The third kappa shape index (κ3) is 5.24. The van der Waals surface area contributed by atoms with Crippen molar-refractivity contribution in [3.8, 4) is 5.75 Å². The third-order valence-corrected chi connectivity index (χ3v) is 3.80. The van der Waals surface area contributed by atoms with E-state index in [-0.39, 0.29) is 12.5 Å². The van der Waals surface area contributed by atoms with E-state index in [4.69, 9.17) is 4.74 Å². The molecule has 0 spiro atoms. The number of halogens is 1. The lowest BCUT2D eigenvalue weighted by molar-refractivity contribution is -0.135. The van der Waals surface area contributed by atoms with Crippen molar-refractivity contribution >= 4 is 33.7 Å². The molecule has 1 heterocycles. The molecule has 1 aromatic rings. The van der Waals surface area contributed by atoms with E-state index in [9.17, 15) is 14.4 Å². The highest BCUT2D eigenvalue weighted by molar-refractivity contribution is 9.10. The monoisotopic (exact) mass is 383 g/mol. The normalized spacial score (nSPS) is 15.2. The summed E-state index contributed by atoms with van der Waals surface area (Å²) in [4.78, 5) is 36.5. The van der Waals surface area contributed by atoms with Gasteiger partial charge in [-0.1, -0.05) is 22.0 Å². The highest BCUT2D eigenvalue weighted by atomic mass is 79.9. The summed E-state index contributed by atoms with van der Waals surface area (Å²) < 4.78 is 6.32. The van der Waals surface area contributed by atoms with Gasteiger partial charge in [-0.2, -0.15) is 0 Å². The van der Waals surface area contributed by atoms with E-state index in [1.165, 1.54) is 4.90 Å². The summed E-state index contributed by atoms with van der Waals surface area (Å²) in [5, 5.41) is 0. The van der Waals surface area contributed by atoms with Crippen LogP contribution in [-0.2, 0) is 14.4 Å². The van der Waals surface area contributed by atoms with Gasteiger partial charge >= 0.3 is 0 Å². The molecule has 2 rings (SSSR count). The largest absolute Gasteiger partial charge is 0.481 e. The van der Waals surface area contributed by atoms with Crippen molar-refractivity contribution in [2.45, 2.75) is 25.9 Å². The van der Waals surface area contributed by atoms with Gasteiger partial charge in [0.25, 0.3) is 11.8 Å². The van der Waals surface area contributed by atoms with Crippen LogP contribution in [0.15, 0.2) is 28.7 Å². The zero-order valence-corrected chi connectivity index (χ0v) is 14.3. The topological polar surface area (TPSA) is 87.7 Å². The van der Waals surface area contributed by atoms with Gasteiger partial charge in [-0.05, 0) is 31.5 Å². The SMILES string of the molecule is C[C@@H](Oc1cccc(Br)c1)C(=O)NNC(=O)CN1CCCC1=O. The molecule has 0 aromatic heterocycles. The Morgan fingerprint density at radius 3 is 2.83 bits per heavy atom. The Morgan fingerprint density at radius 1 is 1.39 bits per heavy atom. The van der Waals surface area contributed by atoms with Gasteiger partial charge in [0.15, 0.2) is 6.10 Å². The van der Waals surface area contributed by atoms with Gasteiger partial charge in [-0.15, -0.1) is 0 Å². The zero-order chi connectivity index (χ0) is 16.8. The summed E-state index contributed by atoms with van der Waals surface area (Å²) >= 11 is 3.32. The molecule has 8 heteroatoms. The molecule has 0 aliphatic carbocycles. The van der Waals surface area contributed by atoms with Crippen LogP contribution in [0.25, 0.3) is 0 Å². The molecule has 0 saturated carbocycles. The lowest BCUT2D eigenvalue weighted by Gasteiger charge is -2.17. The number of carbonyl (C=O) groups excluding carboxylic acids is 3. The van der Waals surface area contributed by atoms with Crippen molar-refractivity contribution in [1.29, 1.82) is 0 Å². The second-order valence-corrected chi connectivity index (χ2v) is 6.09. The Hall–Kier alpha value is -2.09. The van der Waals surface area contributed by atoms with Crippen molar-refractivity contribution in [2.75, 3.05) is 13.1 Å². The summed E-state index contributed by atoms with van der Waals surface area (Å²) in [6, 6.07) is 7.10. The Bertz CT molecular complexity index is 608. The lowest BCUT2D eigenvalue weighted by Crippen LogP contribution is -2.50. The molecule has 1 aliphatic heterocycles. The molecule has 3 amide bonds. The van der Waals surface area contributed by atoms with Crippen molar-refractivity contribution in [3.63, 3.8) is 0 Å². The van der Waals surface area contributed by atoms with Crippen LogP contribution in [0.4, 0.5) is 0 Å². The number of hydrogen-bond acceptors (Lipinski definition) is 4. The molecule has 124 valence electrons. The van der Waals surface area contributed by atoms with Gasteiger partial charge in [0.1, 0.15) is 12.3 Å². The summed E-state index contributed by atoms with van der Waals surface area (Å²) in [6.07, 6.45) is 0.450. The number of carbonyl (C=O) groups is 3. The second-order valence-electron chi connectivity index (χ2n) is 5.17. The van der Waals surface area contributed by atoms with Crippen molar-refractivity contribution in [3.05, 3.63) is 28.7 Å². The van der Waals surface area contributed by atoms with Crippen LogP contribution < -0.4 is 15.6 Å². The number of hydrazine groups is 1. The third-order valence-electron chi connectivity index (χ3n) is 3.31. The number of rotatable bonds is 5. The van der Waals surface area contributed by atoms with E-state index in [1.807, 2.05) is 6.07 Å². The Morgan fingerprint density at radius 2 is 2.17 bits per heavy atom. The van der Waals surface area contributed by atoms with Crippen LogP contribution in [0.1, 0.15) is 19.8 Å². The number of hydrogen-bond donors (Lipinski definition) is 2. The van der Waals surface area contributed by atoms with Crippen LogP contribution in [-0.4, -0.2) is 41.8 Å². The first-order valence-corrected chi connectivity index (χ1v) is 8.03. The molecule has 0 radical (unpaired) electrons. The standard InChI is InChI=1S/C15H18BrN3O4/c1-10(23-12-5-2-4-11(16)8-12)15(22)18-17-13(20)9-19-7-3-6-14(19)21/h2,4-5,8,10H,3,6-7,9H2,1H3,(H,17,20)(H,18,22)/t10-/m1/s1. The van der Waals surface area contributed by atoms with Crippen LogP contribution in [0.2, 0.25) is 0 Å².